The molecule has 0 bridgehead atoms. The maximum Gasteiger partial charge on any atom is 0.246 e. The normalized spacial score (nSPS) is 10.6. The van der Waals surface area contributed by atoms with Crippen LogP contribution in [-0.2, 0) is 16.1 Å². The summed E-state index contributed by atoms with van der Waals surface area (Å²) in [5.41, 5.74) is 6.91. The van der Waals surface area contributed by atoms with Gasteiger partial charge in [-0.15, -0.1) is 0 Å². The van der Waals surface area contributed by atoms with Crippen molar-refractivity contribution in [1.29, 1.82) is 0 Å². The maximum absolute atomic E-state index is 11.7. The average Bonchev–Trinajstić information content (AvgIpc) is 2.40. The van der Waals surface area contributed by atoms with E-state index in [1.165, 1.54) is 0 Å². The minimum absolute atomic E-state index is 0.0557. The Kier molecular flexibility index (Phi) is 6.23. The lowest BCUT2D eigenvalue weighted by Gasteiger charge is -2.19. The number of rotatable bonds is 4. The maximum atomic E-state index is 11.7. The van der Waals surface area contributed by atoms with Crippen LogP contribution in [0.3, 0.4) is 0 Å². The lowest BCUT2D eigenvalue weighted by atomic mass is 10.1. The molecule has 0 atom stereocenters. The Labute approximate surface area is 120 Å². The molecule has 4 nitrogen and oxygen atoms in total. The Morgan fingerprint density at radius 3 is 2.70 bits per heavy atom. The molecule has 0 aliphatic heterocycles. The van der Waals surface area contributed by atoms with E-state index >= 15 is 0 Å². The third-order valence-corrected chi connectivity index (χ3v) is 2.45. The fourth-order valence-electron chi connectivity index (χ4n) is 1.47. The molecule has 1 rings (SSSR count). The number of benzene rings is 1. The van der Waals surface area contributed by atoms with Gasteiger partial charge in [-0.1, -0.05) is 30.0 Å². The molecule has 3 N–H and O–H groups in total. The van der Waals surface area contributed by atoms with Crippen LogP contribution < -0.4 is 11.1 Å². The highest BCUT2D eigenvalue weighted by Gasteiger charge is 2.12. The third-order valence-electron chi connectivity index (χ3n) is 2.45. The average molecular weight is 274 g/mol. The first kappa shape index (κ1) is 16.2. The smallest absolute Gasteiger partial charge is 0.246 e. The van der Waals surface area contributed by atoms with Gasteiger partial charge in [-0.25, -0.2) is 0 Å². The van der Waals surface area contributed by atoms with Crippen molar-refractivity contribution in [2.75, 3.05) is 13.2 Å². The molecule has 0 heterocycles. The molecule has 0 aliphatic rings. The number of hydrogen-bond acceptors (Lipinski definition) is 3. The van der Waals surface area contributed by atoms with Crippen LogP contribution in [0.4, 0.5) is 0 Å². The van der Waals surface area contributed by atoms with Crippen LogP contribution in [0.15, 0.2) is 24.3 Å². The van der Waals surface area contributed by atoms with Gasteiger partial charge >= 0.3 is 0 Å². The van der Waals surface area contributed by atoms with E-state index in [0.717, 1.165) is 11.1 Å². The summed E-state index contributed by atoms with van der Waals surface area (Å²) in [6, 6.07) is 7.68. The van der Waals surface area contributed by atoms with Gasteiger partial charge in [-0.05, 0) is 32.4 Å². The Morgan fingerprint density at radius 1 is 1.35 bits per heavy atom. The fraction of sp³-hybridized carbons (Fsp3) is 0.438. The molecule has 0 aromatic heterocycles. The number of carbonyl (C=O) groups excluding carboxylic acids is 1. The summed E-state index contributed by atoms with van der Waals surface area (Å²) in [6.45, 7) is 6.55. The van der Waals surface area contributed by atoms with Crippen molar-refractivity contribution in [3.63, 3.8) is 0 Å². The molecule has 0 fully saturated rings. The molecule has 0 saturated carbocycles. The van der Waals surface area contributed by atoms with Crippen molar-refractivity contribution in [3.8, 4) is 11.8 Å². The van der Waals surface area contributed by atoms with Gasteiger partial charge < -0.3 is 15.8 Å². The zero-order chi connectivity index (χ0) is 15.0. The molecule has 0 aliphatic carbocycles. The summed E-state index contributed by atoms with van der Waals surface area (Å²) in [5.74, 6) is 5.68. The number of ether oxygens (including phenoxy) is 1. The van der Waals surface area contributed by atoms with E-state index in [1.54, 1.807) is 0 Å². The van der Waals surface area contributed by atoms with Crippen molar-refractivity contribution in [2.24, 2.45) is 5.73 Å². The summed E-state index contributed by atoms with van der Waals surface area (Å²) in [7, 11) is 0. The molecule has 0 saturated heterocycles. The second kappa shape index (κ2) is 7.68. The Bertz CT molecular complexity index is 507. The first-order valence-electron chi connectivity index (χ1n) is 6.60. The highest BCUT2D eigenvalue weighted by Crippen LogP contribution is 2.08. The summed E-state index contributed by atoms with van der Waals surface area (Å²) >= 11 is 0. The molecule has 0 unspecified atom stereocenters. The zero-order valence-corrected chi connectivity index (χ0v) is 12.3. The highest BCUT2D eigenvalue weighted by atomic mass is 16.5. The van der Waals surface area contributed by atoms with Gasteiger partial charge in [0, 0.05) is 12.1 Å². The monoisotopic (exact) mass is 274 g/mol. The van der Waals surface area contributed by atoms with Crippen molar-refractivity contribution in [3.05, 3.63) is 35.4 Å². The summed E-state index contributed by atoms with van der Waals surface area (Å²) < 4.78 is 5.42. The minimum atomic E-state index is -0.318. The topological polar surface area (TPSA) is 64.3 Å². The van der Waals surface area contributed by atoms with Crippen LogP contribution in [0, 0.1) is 11.8 Å². The van der Waals surface area contributed by atoms with Gasteiger partial charge in [0.05, 0.1) is 12.1 Å². The molecule has 1 amide bonds. The van der Waals surface area contributed by atoms with Crippen LogP contribution in [0.1, 0.15) is 31.9 Å². The van der Waals surface area contributed by atoms with Gasteiger partial charge in [0.2, 0.25) is 5.91 Å². The molecule has 0 radical (unpaired) electrons. The van der Waals surface area contributed by atoms with E-state index in [9.17, 15) is 4.79 Å². The molecule has 1 aromatic rings. The van der Waals surface area contributed by atoms with Crippen LogP contribution in [0.5, 0.6) is 0 Å². The fourth-order valence-corrected chi connectivity index (χ4v) is 1.47. The predicted octanol–water partition coefficient (Wildman–Crippen LogP) is 1.43. The van der Waals surface area contributed by atoms with Gasteiger partial charge in [-0.2, -0.15) is 0 Å². The Hall–Kier alpha value is -1.83. The second-order valence-corrected chi connectivity index (χ2v) is 5.34. The lowest BCUT2D eigenvalue weighted by molar-refractivity contribution is -0.130. The van der Waals surface area contributed by atoms with Crippen LogP contribution in [0.2, 0.25) is 0 Å². The molecule has 1 aromatic carbocycles. The van der Waals surface area contributed by atoms with E-state index in [1.807, 2.05) is 45.0 Å². The van der Waals surface area contributed by atoms with E-state index in [-0.39, 0.29) is 18.1 Å². The predicted molar refractivity (Wildman–Crippen MR) is 79.9 cm³/mol. The van der Waals surface area contributed by atoms with Gasteiger partial charge in [0.1, 0.15) is 6.61 Å². The first-order valence-corrected chi connectivity index (χ1v) is 6.60. The quantitative estimate of drug-likeness (QED) is 0.816. The molecular weight excluding hydrogens is 252 g/mol. The summed E-state index contributed by atoms with van der Waals surface area (Å²) in [5, 5.41) is 2.83. The number of carbonyl (C=O) groups is 1. The molecular formula is C16H22N2O2. The number of amides is 1. The second-order valence-electron chi connectivity index (χ2n) is 5.34. The number of nitrogens with two attached hydrogens (primary N) is 1. The van der Waals surface area contributed by atoms with E-state index in [0.29, 0.717) is 13.1 Å². The van der Waals surface area contributed by atoms with Gasteiger partial charge in [0.25, 0.3) is 0 Å². The van der Waals surface area contributed by atoms with Gasteiger partial charge in [-0.3, -0.25) is 4.79 Å². The van der Waals surface area contributed by atoms with E-state index < -0.39 is 0 Å². The standard InChI is InChI=1S/C16H22N2O2/c1-16(2,3)20-12-15(19)18-11-14-8-5-4-7-13(14)9-6-10-17/h4-5,7-8H,10-12,17H2,1-3H3,(H,18,19). The van der Waals surface area contributed by atoms with Crippen molar-refractivity contribution in [1.82, 2.24) is 5.32 Å². The highest BCUT2D eigenvalue weighted by molar-refractivity contribution is 5.77. The van der Waals surface area contributed by atoms with Crippen molar-refractivity contribution in [2.45, 2.75) is 32.9 Å². The van der Waals surface area contributed by atoms with Crippen LogP contribution in [-0.4, -0.2) is 24.7 Å². The van der Waals surface area contributed by atoms with Crippen LogP contribution >= 0.6 is 0 Å². The first-order chi connectivity index (χ1) is 9.42. The number of hydrogen-bond donors (Lipinski definition) is 2. The molecule has 4 heteroatoms. The molecule has 20 heavy (non-hydrogen) atoms. The van der Waals surface area contributed by atoms with E-state index in [4.69, 9.17) is 10.5 Å². The van der Waals surface area contributed by atoms with Crippen molar-refractivity contribution >= 4 is 5.91 Å². The Balaban J connectivity index is 2.55. The third kappa shape index (κ3) is 6.37. The van der Waals surface area contributed by atoms with Gasteiger partial charge in [0.15, 0.2) is 0 Å². The zero-order valence-electron chi connectivity index (χ0n) is 12.3. The molecule has 0 spiro atoms. The lowest BCUT2D eigenvalue weighted by Crippen LogP contribution is -2.31. The SMILES string of the molecule is CC(C)(C)OCC(=O)NCc1ccccc1C#CCN. The summed E-state index contributed by atoms with van der Waals surface area (Å²) in [4.78, 5) is 11.7. The van der Waals surface area contributed by atoms with Crippen LogP contribution in [0.25, 0.3) is 0 Å². The molecule has 108 valence electrons. The summed E-state index contributed by atoms with van der Waals surface area (Å²) in [6.07, 6.45) is 0. The van der Waals surface area contributed by atoms with Crippen molar-refractivity contribution < 1.29 is 9.53 Å². The Morgan fingerprint density at radius 2 is 2.05 bits per heavy atom. The largest absolute Gasteiger partial charge is 0.366 e. The minimum Gasteiger partial charge on any atom is -0.366 e. The number of nitrogens with one attached hydrogen (secondary N) is 1. The van der Waals surface area contributed by atoms with E-state index in [2.05, 4.69) is 17.2 Å².